The Morgan fingerprint density at radius 1 is 0.962 bits per heavy atom. The second-order valence-electron chi connectivity index (χ2n) is 6.09. The van der Waals surface area contributed by atoms with Crippen LogP contribution in [0.15, 0.2) is 71.9 Å². The summed E-state index contributed by atoms with van der Waals surface area (Å²) in [6.45, 7) is 0. The van der Waals surface area contributed by atoms with Crippen LogP contribution in [-0.2, 0) is 17.6 Å². The zero-order valence-electron chi connectivity index (χ0n) is 14.1. The zero-order chi connectivity index (χ0) is 17.9. The number of benzene rings is 2. The average Bonchev–Trinajstić information content (AvgIpc) is 2.84. The number of halogens is 1. The summed E-state index contributed by atoms with van der Waals surface area (Å²) in [5, 5.41) is 1.38. The highest BCUT2D eigenvalue weighted by molar-refractivity contribution is 7.99. The fourth-order valence-corrected chi connectivity index (χ4v) is 4.00. The summed E-state index contributed by atoms with van der Waals surface area (Å²) in [5.41, 5.74) is 4.36. The first-order valence-corrected chi connectivity index (χ1v) is 9.82. The molecule has 3 nitrogen and oxygen atoms in total. The van der Waals surface area contributed by atoms with Gasteiger partial charge in [-0.15, -0.1) is 0 Å². The average molecular weight is 381 g/mol. The molecule has 0 fully saturated rings. The lowest BCUT2D eigenvalue weighted by Gasteiger charge is -2.24. The number of fused-ring (bicyclic) bond motifs is 2. The molecule has 0 spiro atoms. The molecule has 1 aromatic heterocycles. The highest BCUT2D eigenvalue weighted by atomic mass is 35.5. The third-order valence-electron chi connectivity index (χ3n) is 4.42. The van der Waals surface area contributed by atoms with E-state index in [1.165, 1.54) is 22.9 Å². The number of anilines is 2. The lowest BCUT2D eigenvalue weighted by Crippen LogP contribution is -2.28. The standard InChI is InChI=1S/C21H17ClN2OS/c22-17-11-12-20(23-13-17)26-14-21(25)24-18-7-3-1-5-15(18)9-10-16-6-2-4-8-19(16)24/h1-8,11-13H,9-10,14H2. The van der Waals surface area contributed by atoms with E-state index in [1.54, 1.807) is 12.3 Å². The second-order valence-corrected chi connectivity index (χ2v) is 7.52. The van der Waals surface area contributed by atoms with E-state index in [2.05, 4.69) is 17.1 Å². The van der Waals surface area contributed by atoms with Crippen molar-refractivity contribution in [3.63, 3.8) is 0 Å². The minimum atomic E-state index is 0.0496. The van der Waals surface area contributed by atoms with Gasteiger partial charge < -0.3 is 0 Å². The van der Waals surface area contributed by atoms with Gasteiger partial charge in [-0.05, 0) is 48.2 Å². The molecule has 0 atom stereocenters. The number of aryl methyl sites for hydroxylation is 2. The first kappa shape index (κ1) is 17.1. The number of carbonyl (C=O) groups excluding carboxylic acids is 1. The van der Waals surface area contributed by atoms with Crippen molar-refractivity contribution in [3.05, 3.63) is 83.0 Å². The van der Waals surface area contributed by atoms with Crippen LogP contribution in [-0.4, -0.2) is 16.6 Å². The van der Waals surface area contributed by atoms with Crippen LogP contribution in [0.25, 0.3) is 0 Å². The van der Waals surface area contributed by atoms with E-state index in [0.717, 1.165) is 29.2 Å². The Balaban J connectivity index is 1.65. The predicted octanol–water partition coefficient (Wildman–Crippen LogP) is 5.29. The van der Waals surface area contributed by atoms with Gasteiger partial charge >= 0.3 is 0 Å². The van der Waals surface area contributed by atoms with Gasteiger partial charge in [0.1, 0.15) is 0 Å². The molecule has 5 heteroatoms. The van der Waals surface area contributed by atoms with Crippen LogP contribution in [0.2, 0.25) is 5.02 Å². The molecule has 0 saturated heterocycles. The number of aromatic nitrogens is 1. The van der Waals surface area contributed by atoms with Crippen LogP contribution >= 0.6 is 23.4 Å². The molecule has 4 rings (SSSR count). The van der Waals surface area contributed by atoms with Crippen LogP contribution in [0.1, 0.15) is 11.1 Å². The predicted molar refractivity (Wildman–Crippen MR) is 107 cm³/mol. The van der Waals surface area contributed by atoms with E-state index in [-0.39, 0.29) is 5.91 Å². The molecule has 1 aliphatic heterocycles. The van der Waals surface area contributed by atoms with Crippen LogP contribution in [0.3, 0.4) is 0 Å². The molecular formula is C21H17ClN2OS. The van der Waals surface area contributed by atoms with E-state index in [0.29, 0.717) is 10.8 Å². The van der Waals surface area contributed by atoms with Gasteiger partial charge in [0.25, 0.3) is 0 Å². The molecule has 130 valence electrons. The maximum Gasteiger partial charge on any atom is 0.241 e. The van der Waals surface area contributed by atoms with Crippen molar-refractivity contribution in [1.82, 2.24) is 4.98 Å². The molecule has 2 heterocycles. The number of thioether (sulfide) groups is 1. The Labute approximate surface area is 162 Å². The minimum Gasteiger partial charge on any atom is -0.280 e. The molecule has 3 aromatic rings. The largest absolute Gasteiger partial charge is 0.280 e. The number of nitrogens with zero attached hydrogens (tertiary/aromatic N) is 2. The van der Waals surface area contributed by atoms with Crippen molar-refractivity contribution >= 4 is 40.6 Å². The van der Waals surface area contributed by atoms with Gasteiger partial charge in [0.2, 0.25) is 5.91 Å². The zero-order valence-corrected chi connectivity index (χ0v) is 15.6. The minimum absolute atomic E-state index is 0.0496. The number of amides is 1. The number of rotatable bonds is 3. The fraction of sp³-hybridized carbons (Fsp3) is 0.143. The van der Waals surface area contributed by atoms with Crippen molar-refractivity contribution in [2.75, 3.05) is 10.7 Å². The number of para-hydroxylation sites is 2. The molecular weight excluding hydrogens is 364 g/mol. The maximum atomic E-state index is 13.2. The highest BCUT2D eigenvalue weighted by Crippen LogP contribution is 2.36. The lowest BCUT2D eigenvalue weighted by atomic mass is 10.0. The number of hydrogen-bond acceptors (Lipinski definition) is 3. The number of pyridine rings is 1. The molecule has 0 unspecified atom stereocenters. The molecule has 26 heavy (non-hydrogen) atoms. The molecule has 0 radical (unpaired) electrons. The van der Waals surface area contributed by atoms with Crippen molar-refractivity contribution in [2.45, 2.75) is 17.9 Å². The number of hydrogen-bond donors (Lipinski definition) is 0. The summed E-state index contributed by atoms with van der Waals surface area (Å²) in [6, 6.07) is 19.9. The molecule has 1 aliphatic rings. The quantitative estimate of drug-likeness (QED) is 0.579. The van der Waals surface area contributed by atoms with Gasteiger partial charge in [0.05, 0.1) is 27.2 Å². The van der Waals surface area contributed by atoms with Gasteiger partial charge in [-0.3, -0.25) is 9.69 Å². The Kier molecular flexibility index (Phi) is 4.96. The fourth-order valence-electron chi connectivity index (χ4n) is 3.20. The van der Waals surface area contributed by atoms with Crippen LogP contribution in [0.4, 0.5) is 11.4 Å². The van der Waals surface area contributed by atoms with Gasteiger partial charge in [-0.25, -0.2) is 4.98 Å². The van der Waals surface area contributed by atoms with E-state index < -0.39 is 0 Å². The normalized spacial score (nSPS) is 12.9. The molecule has 0 N–H and O–H groups in total. The van der Waals surface area contributed by atoms with Crippen LogP contribution < -0.4 is 4.90 Å². The molecule has 0 saturated carbocycles. The summed E-state index contributed by atoms with van der Waals surface area (Å²) in [7, 11) is 0. The SMILES string of the molecule is O=C(CSc1ccc(Cl)cn1)N1c2ccccc2CCc2ccccc21. The van der Waals surface area contributed by atoms with Crippen molar-refractivity contribution < 1.29 is 4.79 Å². The maximum absolute atomic E-state index is 13.2. The molecule has 1 amide bonds. The summed E-state index contributed by atoms with van der Waals surface area (Å²) in [5.74, 6) is 0.366. The Hall–Kier alpha value is -2.30. The van der Waals surface area contributed by atoms with Gasteiger partial charge in [-0.1, -0.05) is 59.8 Å². The van der Waals surface area contributed by atoms with Crippen LogP contribution in [0, 0.1) is 0 Å². The van der Waals surface area contributed by atoms with Crippen LogP contribution in [0.5, 0.6) is 0 Å². The Bertz CT molecular complexity index is 895. The first-order valence-electron chi connectivity index (χ1n) is 8.45. The Morgan fingerprint density at radius 3 is 2.15 bits per heavy atom. The third kappa shape index (κ3) is 3.48. The first-order chi connectivity index (χ1) is 12.7. The summed E-state index contributed by atoms with van der Waals surface area (Å²) >= 11 is 7.31. The van der Waals surface area contributed by atoms with E-state index in [4.69, 9.17) is 11.6 Å². The van der Waals surface area contributed by atoms with E-state index >= 15 is 0 Å². The van der Waals surface area contributed by atoms with Gasteiger partial charge in [0, 0.05) is 6.20 Å². The molecule has 2 aromatic carbocycles. The molecule has 0 aliphatic carbocycles. The van der Waals surface area contributed by atoms with E-state index in [9.17, 15) is 4.79 Å². The third-order valence-corrected chi connectivity index (χ3v) is 5.57. The van der Waals surface area contributed by atoms with Crippen molar-refractivity contribution in [2.24, 2.45) is 0 Å². The smallest absolute Gasteiger partial charge is 0.241 e. The summed E-state index contributed by atoms with van der Waals surface area (Å²) in [4.78, 5) is 19.3. The lowest BCUT2D eigenvalue weighted by molar-refractivity contribution is -0.115. The van der Waals surface area contributed by atoms with Gasteiger partial charge in [0.15, 0.2) is 0 Å². The van der Waals surface area contributed by atoms with Gasteiger partial charge in [-0.2, -0.15) is 0 Å². The monoisotopic (exact) mass is 380 g/mol. The topological polar surface area (TPSA) is 33.2 Å². The number of carbonyl (C=O) groups is 1. The van der Waals surface area contributed by atoms with E-state index in [1.807, 2.05) is 47.4 Å². The second kappa shape index (κ2) is 7.52. The summed E-state index contributed by atoms with van der Waals surface area (Å²) in [6.07, 6.45) is 3.47. The highest BCUT2D eigenvalue weighted by Gasteiger charge is 2.25. The van der Waals surface area contributed by atoms with Crippen molar-refractivity contribution in [3.8, 4) is 0 Å². The van der Waals surface area contributed by atoms with Crippen molar-refractivity contribution in [1.29, 1.82) is 0 Å². The molecule has 0 bridgehead atoms. The summed E-state index contributed by atoms with van der Waals surface area (Å²) < 4.78 is 0. The Morgan fingerprint density at radius 2 is 1.58 bits per heavy atom.